The average molecular weight is 425 g/mol. The monoisotopic (exact) mass is 424 g/mol. The third kappa shape index (κ3) is 5.48. The molecule has 0 aliphatic heterocycles. The van der Waals surface area contributed by atoms with Crippen LogP contribution in [0.1, 0.15) is 25.8 Å². The molecule has 0 spiro atoms. The van der Waals surface area contributed by atoms with Crippen LogP contribution < -0.4 is 10.6 Å². The molecule has 1 aromatic heterocycles. The third-order valence-electron chi connectivity index (χ3n) is 4.60. The van der Waals surface area contributed by atoms with E-state index in [1.165, 1.54) is 0 Å². The largest absolute Gasteiger partial charge is 0.354 e. The van der Waals surface area contributed by atoms with Crippen molar-refractivity contribution >= 4 is 23.4 Å². The number of halogens is 1. The first-order valence-electron chi connectivity index (χ1n) is 9.95. The molecule has 2 N–H and O–H groups in total. The summed E-state index contributed by atoms with van der Waals surface area (Å²) in [5.41, 5.74) is 3.23. The molecule has 1 heterocycles. The molecule has 2 aromatic carbocycles. The summed E-state index contributed by atoms with van der Waals surface area (Å²) in [6.07, 6.45) is 2.80. The summed E-state index contributed by atoms with van der Waals surface area (Å²) in [5.74, 6) is -0.430. The molecule has 2 amide bonds. The lowest BCUT2D eigenvalue weighted by Crippen LogP contribution is -2.45. The van der Waals surface area contributed by atoms with Gasteiger partial charge < -0.3 is 10.6 Å². The van der Waals surface area contributed by atoms with Crippen molar-refractivity contribution in [3.63, 3.8) is 0 Å². The SMILES string of the molecule is CCCNC(=O)[C@@H](C)NC(=O)Cc1cn(-c2ccccc2)nc1-c1ccc(Cl)cc1. The first-order valence-corrected chi connectivity index (χ1v) is 10.3. The van der Waals surface area contributed by atoms with Gasteiger partial charge in [-0.25, -0.2) is 4.68 Å². The Morgan fingerprint density at radius 1 is 1.10 bits per heavy atom. The van der Waals surface area contributed by atoms with Crippen LogP contribution in [0.5, 0.6) is 0 Å². The zero-order valence-electron chi connectivity index (χ0n) is 17.1. The minimum absolute atomic E-state index is 0.107. The van der Waals surface area contributed by atoms with Gasteiger partial charge in [0.1, 0.15) is 6.04 Å². The molecule has 3 aromatic rings. The van der Waals surface area contributed by atoms with Gasteiger partial charge in [-0.15, -0.1) is 0 Å². The predicted molar refractivity (Wildman–Crippen MR) is 119 cm³/mol. The molecular formula is C23H25ClN4O2. The van der Waals surface area contributed by atoms with Crippen molar-refractivity contribution in [1.82, 2.24) is 20.4 Å². The van der Waals surface area contributed by atoms with E-state index < -0.39 is 6.04 Å². The maximum absolute atomic E-state index is 12.6. The number of carbonyl (C=O) groups is 2. The molecular weight excluding hydrogens is 400 g/mol. The van der Waals surface area contributed by atoms with Crippen molar-refractivity contribution in [3.05, 3.63) is 71.4 Å². The molecule has 0 saturated carbocycles. The molecule has 0 unspecified atom stereocenters. The van der Waals surface area contributed by atoms with E-state index in [1.54, 1.807) is 23.7 Å². The van der Waals surface area contributed by atoms with Crippen molar-refractivity contribution in [2.24, 2.45) is 0 Å². The number of carbonyl (C=O) groups excluding carboxylic acids is 2. The van der Waals surface area contributed by atoms with Gasteiger partial charge in [-0.2, -0.15) is 5.10 Å². The van der Waals surface area contributed by atoms with E-state index >= 15 is 0 Å². The Bertz CT molecular complexity index is 1000. The topological polar surface area (TPSA) is 76.0 Å². The zero-order valence-corrected chi connectivity index (χ0v) is 17.8. The van der Waals surface area contributed by atoms with Gasteiger partial charge in [-0.05, 0) is 37.6 Å². The summed E-state index contributed by atoms with van der Waals surface area (Å²) in [7, 11) is 0. The predicted octanol–water partition coefficient (Wildman–Crippen LogP) is 3.77. The second-order valence-corrected chi connectivity index (χ2v) is 7.48. The number of amides is 2. The van der Waals surface area contributed by atoms with Crippen LogP contribution in [0.25, 0.3) is 16.9 Å². The maximum Gasteiger partial charge on any atom is 0.242 e. The summed E-state index contributed by atoms with van der Waals surface area (Å²) in [6.45, 7) is 4.24. The van der Waals surface area contributed by atoms with Crippen molar-refractivity contribution in [2.75, 3.05) is 6.54 Å². The normalized spacial score (nSPS) is 11.7. The average Bonchev–Trinajstić information content (AvgIpc) is 3.16. The number of hydrogen-bond acceptors (Lipinski definition) is 3. The molecule has 0 aliphatic rings. The lowest BCUT2D eigenvalue weighted by atomic mass is 10.1. The standard InChI is InChI=1S/C23H25ClN4O2/c1-3-13-25-23(30)16(2)26-21(29)14-18-15-28(20-7-5-4-6-8-20)27-22(18)17-9-11-19(24)12-10-17/h4-12,15-16H,3,13-14H2,1-2H3,(H,25,30)(H,26,29)/t16-/m1/s1. The minimum atomic E-state index is -0.604. The van der Waals surface area contributed by atoms with E-state index in [0.29, 0.717) is 17.3 Å². The fourth-order valence-electron chi connectivity index (χ4n) is 3.04. The van der Waals surface area contributed by atoms with E-state index in [2.05, 4.69) is 10.6 Å². The Labute approximate surface area is 181 Å². The number of benzene rings is 2. The number of nitrogens with one attached hydrogen (secondary N) is 2. The quantitative estimate of drug-likeness (QED) is 0.578. The van der Waals surface area contributed by atoms with E-state index in [0.717, 1.165) is 23.2 Å². The van der Waals surface area contributed by atoms with Gasteiger partial charge in [0.05, 0.1) is 17.8 Å². The van der Waals surface area contributed by atoms with Crippen LogP contribution in [0.2, 0.25) is 5.02 Å². The van der Waals surface area contributed by atoms with Crippen LogP contribution in [-0.4, -0.2) is 34.2 Å². The zero-order chi connectivity index (χ0) is 21.5. The molecule has 1 atom stereocenters. The number of hydrogen-bond donors (Lipinski definition) is 2. The van der Waals surface area contributed by atoms with E-state index in [-0.39, 0.29) is 18.2 Å². The molecule has 0 saturated heterocycles. The molecule has 0 radical (unpaired) electrons. The van der Waals surface area contributed by atoms with Gasteiger partial charge in [0.25, 0.3) is 0 Å². The van der Waals surface area contributed by atoms with Gasteiger partial charge in [0, 0.05) is 28.9 Å². The Kier molecular flexibility index (Phi) is 7.25. The number of nitrogens with zero attached hydrogens (tertiary/aromatic N) is 2. The summed E-state index contributed by atoms with van der Waals surface area (Å²) in [5, 5.41) is 10.9. The van der Waals surface area contributed by atoms with Gasteiger partial charge >= 0.3 is 0 Å². The highest BCUT2D eigenvalue weighted by molar-refractivity contribution is 6.30. The highest BCUT2D eigenvalue weighted by Crippen LogP contribution is 2.25. The van der Waals surface area contributed by atoms with Crippen molar-refractivity contribution in [2.45, 2.75) is 32.7 Å². The van der Waals surface area contributed by atoms with E-state index in [9.17, 15) is 9.59 Å². The van der Waals surface area contributed by atoms with Gasteiger partial charge in [-0.3, -0.25) is 9.59 Å². The van der Waals surface area contributed by atoms with Crippen molar-refractivity contribution in [3.8, 4) is 16.9 Å². The molecule has 7 heteroatoms. The summed E-state index contributed by atoms with van der Waals surface area (Å²) >= 11 is 6.02. The molecule has 30 heavy (non-hydrogen) atoms. The fraction of sp³-hybridized carbons (Fsp3) is 0.261. The lowest BCUT2D eigenvalue weighted by molar-refractivity contribution is -0.128. The highest BCUT2D eigenvalue weighted by atomic mass is 35.5. The van der Waals surface area contributed by atoms with E-state index in [1.807, 2.05) is 55.6 Å². The molecule has 0 fully saturated rings. The molecule has 6 nitrogen and oxygen atoms in total. The number of rotatable bonds is 8. The fourth-order valence-corrected chi connectivity index (χ4v) is 3.16. The molecule has 3 rings (SSSR count). The number of aromatic nitrogens is 2. The van der Waals surface area contributed by atoms with Crippen LogP contribution in [0.3, 0.4) is 0 Å². The summed E-state index contributed by atoms with van der Waals surface area (Å²) in [4.78, 5) is 24.7. The van der Waals surface area contributed by atoms with Gasteiger partial charge in [0.15, 0.2) is 0 Å². The minimum Gasteiger partial charge on any atom is -0.354 e. The summed E-state index contributed by atoms with van der Waals surface area (Å²) < 4.78 is 1.75. The Hall–Kier alpha value is -3.12. The Morgan fingerprint density at radius 2 is 1.80 bits per heavy atom. The van der Waals surface area contributed by atoms with Crippen LogP contribution in [0.15, 0.2) is 60.8 Å². The van der Waals surface area contributed by atoms with Crippen molar-refractivity contribution < 1.29 is 9.59 Å². The first-order chi connectivity index (χ1) is 14.5. The first kappa shape index (κ1) is 21.6. The second-order valence-electron chi connectivity index (χ2n) is 7.05. The van der Waals surface area contributed by atoms with Gasteiger partial charge in [0.2, 0.25) is 11.8 Å². The Balaban J connectivity index is 1.83. The van der Waals surface area contributed by atoms with Crippen LogP contribution >= 0.6 is 11.6 Å². The summed E-state index contributed by atoms with van der Waals surface area (Å²) in [6, 6.07) is 16.4. The highest BCUT2D eigenvalue weighted by Gasteiger charge is 2.19. The van der Waals surface area contributed by atoms with Crippen LogP contribution in [0, 0.1) is 0 Å². The lowest BCUT2D eigenvalue weighted by Gasteiger charge is -2.13. The molecule has 0 aliphatic carbocycles. The van der Waals surface area contributed by atoms with Crippen molar-refractivity contribution in [1.29, 1.82) is 0 Å². The third-order valence-corrected chi connectivity index (χ3v) is 4.85. The smallest absolute Gasteiger partial charge is 0.242 e. The van der Waals surface area contributed by atoms with Crippen LogP contribution in [0.4, 0.5) is 0 Å². The maximum atomic E-state index is 12.6. The van der Waals surface area contributed by atoms with E-state index in [4.69, 9.17) is 16.7 Å². The molecule has 0 bridgehead atoms. The number of para-hydroxylation sites is 1. The van der Waals surface area contributed by atoms with Gasteiger partial charge in [-0.1, -0.05) is 48.9 Å². The Morgan fingerprint density at radius 3 is 2.47 bits per heavy atom. The van der Waals surface area contributed by atoms with Crippen LogP contribution in [-0.2, 0) is 16.0 Å². The second kappa shape index (κ2) is 10.1. The molecule has 156 valence electrons.